The van der Waals surface area contributed by atoms with Crippen LogP contribution in [0.3, 0.4) is 0 Å². The maximum absolute atomic E-state index is 14.2. The molecular formula is C40H55KN4O4. The average molecular weight is 695 g/mol. The minimum Gasteiger partial charge on any atom is -0.665 e. The van der Waals surface area contributed by atoms with E-state index >= 15 is 0 Å². The topological polar surface area (TPSA) is 93.1 Å². The molecule has 0 bridgehead atoms. The summed E-state index contributed by atoms with van der Waals surface area (Å²) in [4.78, 5) is 44.4. The van der Waals surface area contributed by atoms with E-state index in [0.29, 0.717) is 51.4 Å². The van der Waals surface area contributed by atoms with Gasteiger partial charge in [-0.05, 0) is 80.7 Å². The number of nitrogens with one attached hydrogen (secondary N) is 1. The van der Waals surface area contributed by atoms with E-state index < -0.39 is 17.1 Å². The Morgan fingerprint density at radius 3 is 2.18 bits per heavy atom. The van der Waals surface area contributed by atoms with Crippen molar-refractivity contribution in [2.24, 2.45) is 11.3 Å². The Morgan fingerprint density at radius 2 is 1.55 bits per heavy atom. The van der Waals surface area contributed by atoms with Crippen LogP contribution < -0.4 is 56.7 Å². The van der Waals surface area contributed by atoms with Crippen LogP contribution in [0.25, 0.3) is 16.1 Å². The van der Waals surface area contributed by atoms with Crippen molar-refractivity contribution in [3.8, 4) is 0 Å². The van der Waals surface area contributed by atoms with Gasteiger partial charge < -0.3 is 25.2 Å². The normalized spacial score (nSPS) is 18.0. The molecule has 0 radical (unpaired) electrons. The number of likely N-dealkylation sites (tertiary alicyclic amines) is 2. The summed E-state index contributed by atoms with van der Waals surface area (Å²) >= 11 is 0. The van der Waals surface area contributed by atoms with Gasteiger partial charge in [-0.15, -0.1) is 0 Å². The molecular weight excluding hydrogens is 640 g/mol. The van der Waals surface area contributed by atoms with Crippen LogP contribution in [-0.2, 0) is 27.2 Å². The van der Waals surface area contributed by atoms with Crippen molar-refractivity contribution in [3.63, 3.8) is 0 Å². The third-order valence-electron chi connectivity index (χ3n) is 9.44. The van der Waals surface area contributed by atoms with Crippen molar-refractivity contribution in [1.82, 2.24) is 15.1 Å². The van der Waals surface area contributed by atoms with E-state index in [9.17, 15) is 14.4 Å². The summed E-state index contributed by atoms with van der Waals surface area (Å²) in [5.74, 6) is 0.249. The number of hydrogen-bond donors (Lipinski definition) is 1. The summed E-state index contributed by atoms with van der Waals surface area (Å²) in [5, 5.41) is 9.20. The van der Waals surface area contributed by atoms with Gasteiger partial charge in [0.25, 0.3) is 0 Å². The molecule has 5 rings (SSSR count). The zero-order valence-electron chi connectivity index (χ0n) is 30.8. The molecule has 49 heavy (non-hydrogen) atoms. The number of ether oxygens (including phenoxy) is 1. The van der Waals surface area contributed by atoms with Crippen molar-refractivity contribution < 1.29 is 70.5 Å². The number of amides is 3. The van der Waals surface area contributed by atoms with Crippen molar-refractivity contribution >= 4 is 28.7 Å². The fourth-order valence-corrected chi connectivity index (χ4v) is 6.47. The van der Waals surface area contributed by atoms with Crippen molar-refractivity contribution in [2.75, 3.05) is 39.8 Å². The van der Waals surface area contributed by atoms with Gasteiger partial charge in [-0.2, -0.15) is 13.6 Å². The zero-order chi connectivity index (χ0) is 34.7. The first kappa shape index (κ1) is 41.1. The summed E-state index contributed by atoms with van der Waals surface area (Å²) < 4.78 is 5.55. The van der Waals surface area contributed by atoms with E-state index in [0.717, 1.165) is 42.1 Å². The number of benzene rings is 3. The van der Waals surface area contributed by atoms with Gasteiger partial charge in [0.15, 0.2) is 0 Å². The van der Waals surface area contributed by atoms with Crippen molar-refractivity contribution in [3.05, 3.63) is 89.2 Å². The Hall–Kier alpha value is -2.27. The summed E-state index contributed by atoms with van der Waals surface area (Å²) in [6.45, 7) is 12.7. The third-order valence-corrected chi connectivity index (χ3v) is 9.44. The molecule has 2 unspecified atom stereocenters. The Kier molecular flexibility index (Phi) is 16.3. The molecule has 2 heterocycles. The van der Waals surface area contributed by atoms with Crippen LogP contribution in [0.1, 0.15) is 71.4 Å². The van der Waals surface area contributed by atoms with Crippen LogP contribution >= 0.6 is 0 Å². The predicted octanol–water partition coefficient (Wildman–Crippen LogP) is 4.40. The van der Waals surface area contributed by atoms with Crippen molar-refractivity contribution in [2.45, 2.75) is 84.8 Å². The molecule has 3 aromatic carbocycles. The molecule has 1 N–H and O–H groups in total. The van der Waals surface area contributed by atoms with Crippen LogP contribution in [0.4, 0.5) is 4.79 Å². The van der Waals surface area contributed by atoms with Crippen LogP contribution in [0.5, 0.6) is 0 Å². The predicted molar refractivity (Wildman–Crippen MR) is 194 cm³/mol. The van der Waals surface area contributed by atoms with Gasteiger partial charge in [0.2, 0.25) is 11.8 Å². The van der Waals surface area contributed by atoms with Gasteiger partial charge in [-0.3, -0.25) is 9.59 Å². The van der Waals surface area contributed by atoms with Gasteiger partial charge in [-0.25, -0.2) is 4.79 Å². The van der Waals surface area contributed by atoms with Gasteiger partial charge in [0.1, 0.15) is 11.6 Å². The molecule has 2 fully saturated rings. The monoisotopic (exact) mass is 694 g/mol. The van der Waals surface area contributed by atoms with Crippen molar-refractivity contribution in [1.29, 1.82) is 0 Å². The molecule has 2 aliphatic rings. The first-order valence-corrected chi connectivity index (χ1v) is 17.6. The molecule has 2 aliphatic heterocycles. The average Bonchev–Trinajstić information content (AvgIpc) is 3.07. The summed E-state index contributed by atoms with van der Waals surface area (Å²) in [6, 6.07) is 24.2. The molecule has 0 saturated carbocycles. The summed E-state index contributed by atoms with van der Waals surface area (Å²) in [7, 11) is 1.81. The van der Waals surface area contributed by atoms with E-state index in [1.165, 1.54) is 5.56 Å². The smallest absolute Gasteiger partial charge is 0.665 e. The van der Waals surface area contributed by atoms with Gasteiger partial charge in [0.05, 0.1) is 0 Å². The second-order valence-corrected chi connectivity index (χ2v) is 14.6. The maximum Gasteiger partial charge on any atom is 1.00 e. The van der Waals surface area contributed by atoms with E-state index in [2.05, 4.69) is 65.2 Å². The molecule has 9 heteroatoms. The van der Waals surface area contributed by atoms with Gasteiger partial charge in [0, 0.05) is 38.0 Å². The SMILES string of the molecule is CC(C)(C)OC(=O)N1CCC(C)(C(=O)NC(Cc2ccc3ccccc3c2)C(=O)N2CCCC(Cc3ccccc3)C2)CC1.CC[N-]C.[K+]. The Bertz CT molecular complexity index is 1500. The number of rotatable bonds is 8. The van der Waals surface area contributed by atoms with Crippen LogP contribution in [0.15, 0.2) is 72.8 Å². The number of nitrogens with zero attached hydrogens (tertiary/aromatic N) is 3. The third kappa shape index (κ3) is 12.5. The number of fused-ring (bicyclic) bond motifs is 1. The van der Waals surface area contributed by atoms with Crippen LogP contribution in [0, 0.1) is 11.3 Å². The minimum atomic E-state index is -0.682. The largest absolute Gasteiger partial charge is 1.00 e. The van der Waals surface area contributed by atoms with E-state index in [1.54, 1.807) is 11.9 Å². The van der Waals surface area contributed by atoms with Gasteiger partial charge >= 0.3 is 57.5 Å². The standard InChI is InChI=1S/C37H47N3O4.C3H8N.K/c1-36(2,3)44-35(43)39-21-18-37(4,19-22-39)34(42)38-32(25-28-16-17-30-14-8-9-15-31(30)24-28)33(41)40-20-10-13-29(26-40)23-27-11-6-5-7-12-27;1-3-4-2;/h5-9,11-12,14-17,24,29,32H,10,13,18-23,25-26H2,1-4H3,(H,38,42);3H2,1-2H3;/q;-1;+1. The Morgan fingerprint density at radius 1 is 0.918 bits per heavy atom. The molecule has 3 amide bonds. The van der Waals surface area contributed by atoms with E-state index in [1.807, 2.05) is 57.7 Å². The van der Waals surface area contributed by atoms with Gasteiger partial charge in [-0.1, -0.05) is 86.6 Å². The number of carbonyl (C=O) groups excluding carboxylic acids is 3. The van der Waals surface area contributed by atoms with E-state index in [4.69, 9.17) is 4.74 Å². The first-order chi connectivity index (χ1) is 22.9. The number of carbonyl (C=O) groups is 3. The zero-order valence-corrected chi connectivity index (χ0v) is 34.0. The molecule has 0 aromatic heterocycles. The quantitative estimate of drug-likeness (QED) is 0.354. The molecule has 2 atom stereocenters. The molecule has 8 nitrogen and oxygen atoms in total. The molecule has 3 aromatic rings. The number of hydrogen-bond acceptors (Lipinski definition) is 4. The Balaban J connectivity index is 0.00000123. The molecule has 260 valence electrons. The molecule has 0 aliphatic carbocycles. The Labute approximate surface area is 336 Å². The fourth-order valence-electron chi connectivity index (χ4n) is 6.47. The second-order valence-electron chi connectivity index (χ2n) is 14.6. The van der Waals surface area contributed by atoms with E-state index in [-0.39, 0.29) is 69.3 Å². The summed E-state index contributed by atoms with van der Waals surface area (Å²) in [6.07, 6.45) is 4.09. The second kappa shape index (κ2) is 19.4. The van der Waals surface area contributed by atoms with Crippen LogP contribution in [0.2, 0.25) is 0 Å². The fraction of sp³-hybridized carbons (Fsp3) is 0.525. The summed E-state index contributed by atoms with van der Waals surface area (Å²) in [5.41, 5.74) is 1.06. The maximum atomic E-state index is 14.2. The molecule has 2 saturated heterocycles. The van der Waals surface area contributed by atoms with Crippen LogP contribution in [-0.4, -0.2) is 79.1 Å². The first-order valence-electron chi connectivity index (χ1n) is 17.6. The minimum absolute atomic E-state index is 0. The molecule has 0 spiro atoms. The number of piperidine rings is 2.